The first kappa shape index (κ1) is 48.1. The molecule has 3 N–H and O–H groups in total. The maximum Gasteiger partial charge on any atom is 0.240 e. The van der Waals surface area contributed by atoms with Crippen LogP contribution in [-0.2, 0) is 14.3 Å². The van der Waals surface area contributed by atoms with Crippen LogP contribution >= 0.6 is 23.2 Å². The molecule has 21 heteroatoms. The average molecular weight is 976 g/mol. The quantitative estimate of drug-likeness (QED) is 0.116. The Balaban J connectivity index is 0.000000185. The summed E-state index contributed by atoms with van der Waals surface area (Å²) in [5, 5.41) is 10.4. The number of benzene rings is 4. The number of likely N-dealkylation sites (N-methyl/N-ethyl adjacent to an activating group) is 2. The second-order valence-corrected chi connectivity index (χ2v) is 17.3. The van der Waals surface area contributed by atoms with E-state index in [9.17, 15) is 18.4 Å². The van der Waals surface area contributed by atoms with E-state index >= 15 is 0 Å². The number of likely N-dealkylation sites (tertiary alicyclic amines) is 1. The van der Waals surface area contributed by atoms with Crippen molar-refractivity contribution in [2.24, 2.45) is 0 Å². The molecule has 2 aromatic heterocycles. The number of hydrogen-bond donors (Lipinski definition) is 3. The molecule has 3 fully saturated rings. The molecule has 0 aliphatic carbocycles. The maximum absolute atomic E-state index is 14.5. The van der Waals surface area contributed by atoms with Gasteiger partial charge in [-0.2, -0.15) is 0 Å². The molecular formula is C47H50Cl2F2N10O7. The summed E-state index contributed by atoms with van der Waals surface area (Å²) in [6.07, 6.45) is 3.41. The Hall–Kier alpha value is -6.38. The molecule has 9 rings (SSSR count). The number of aromatic nitrogens is 4. The second kappa shape index (κ2) is 21.3. The van der Waals surface area contributed by atoms with Gasteiger partial charge in [0.15, 0.2) is 34.6 Å². The number of anilines is 4. The third kappa shape index (κ3) is 10.7. The Morgan fingerprint density at radius 2 is 1.29 bits per heavy atom. The van der Waals surface area contributed by atoms with E-state index in [2.05, 4.69) is 35.9 Å². The Labute approximate surface area is 401 Å². The van der Waals surface area contributed by atoms with Crippen molar-refractivity contribution in [3.63, 3.8) is 0 Å². The zero-order valence-corrected chi connectivity index (χ0v) is 39.4. The van der Waals surface area contributed by atoms with E-state index in [0.29, 0.717) is 109 Å². The van der Waals surface area contributed by atoms with Gasteiger partial charge < -0.3 is 49.4 Å². The standard InChI is InChI=1S/C25H27ClFN5O4.C22H23ClFN5O3/c1-31-13-15(10-20(31)25(33)32-6-8-35-9-7-32)36-22-11-16-19(12-21(22)34-2)28-14-29-24(16)30-18-5-3-4-17(26)23(18)27;1-29(2)22(30)17-7-12(10-25-17)32-19-8-13-16(9-18(19)31-3)26-11-27-21(13)28-15-6-4-5-14(23)20(15)24/h3-5,11-12,14-15,20H,6-10,13H2,1-2H3,(H,28,29,30);4-6,8-9,11-12,17,25H,7,10H2,1-3H3,(H,26,27,28)/t15-,20?;12-,17-/m10/s1. The van der Waals surface area contributed by atoms with Gasteiger partial charge in [0.25, 0.3) is 0 Å². The van der Waals surface area contributed by atoms with Crippen molar-refractivity contribution < 1.29 is 42.1 Å². The summed E-state index contributed by atoms with van der Waals surface area (Å²) in [4.78, 5) is 47.9. The van der Waals surface area contributed by atoms with Crippen LogP contribution in [0.15, 0.2) is 73.3 Å². The van der Waals surface area contributed by atoms with Crippen LogP contribution in [0.4, 0.5) is 31.8 Å². The number of carbonyl (C=O) groups is 2. The first-order valence-electron chi connectivity index (χ1n) is 21.7. The van der Waals surface area contributed by atoms with Gasteiger partial charge in [-0.05, 0) is 43.4 Å². The lowest BCUT2D eigenvalue weighted by Gasteiger charge is -2.31. The molecule has 2 amide bonds. The van der Waals surface area contributed by atoms with Crippen LogP contribution in [0.3, 0.4) is 0 Å². The highest BCUT2D eigenvalue weighted by molar-refractivity contribution is 6.31. The summed E-state index contributed by atoms with van der Waals surface area (Å²) in [5.41, 5.74) is 1.59. The molecule has 6 aromatic rings. The monoisotopic (exact) mass is 974 g/mol. The van der Waals surface area contributed by atoms with Crippen LogP contribution in [0.5, 0.6) is 23.0 Å². The van der Waals surface area contributed by atoms with E-state index in [1.807, 2.05) is 16.8 Å². The molecule has 1 unspecified atom stereocenters. The van der Waals surface area contributed by atoms with E-state index in [1.54, 1.807) is 81.7 Å². The first-order chi connectivity index (χ1) is 32.8. The highest BCUT2D eigenvalue weighted by Gasteiger charge is 2.39. The smallest absolute Gasteiger partial charge is 0.240 e. The van der Waals surface area contributed by atoms with Crippen LogP contribution in [0.2, 0.25) is 10.0 Å². The minimum atomic E-state index is -0.570. The Morgan fingerprint density at radius 1 is 0.765 bits per heavy atom. The summed E-state index contributed by atoms with van der Waals surface area (Å²) in [5.74, 6) is 1.74. The van der Waals surface area contributed by atoms with Gasteiger partial charge in [0.2, 0.25) is 11.8 Å². The minimum absolute atomic E-state index is 0.00464. The van der Waals surface area contributed by atoms with Crippen LogP contribution < -0.4 is 34.9 Å². The van der Waals surface area contributed by atoms with E-state index in [0.717, 1.165) is 0 Å². The number of ether oxygens (including phenoxy) is 5. The van der Waals surface area contributed by atoms with Crippen molar-refractivity contribution in [3.05, 3.63) is 95.0 Å². The molecule has 3 aliphatic rings. The molecule has 0 spiro atoms. The number of fused-ring (bicyclic) bond motifs is 2. The molecule has 68 heavy (non-hydrogen) atoms. The lowest BCUT2D eigenvalue weighted by atomic mass is 10.1. The number of rotatable bonds is 12. The fourth-order valence-electron chi connectivity index (χ4n) is 8.26. The maximum atomic E-state index is 14.5. The molecule has 3 saturated heterocycles. The molecule has 0 saturated carbocycles. The number of morpholine rings is 1. The summed E-state index contributed by atoms with van der Waals surface area (Å²) in [7, 11) is 8.48. The van der Waals surface area contributed by atoms with Crippen molar-refractivity contribution in [2.75, 3.05) is 85.4 Å². The summed E-state index contributed by atoms with van der Waals surface area (Å²) in [6.45, 7) is 3.45. The predicted octanol–water partition coefficient (Wildman–Crippen LogP) is 6.86. The Bertz CT molecular complexity index is 2810. The Kier molecular flexibility index (Phi) is 15.1. The van der Waals surface area contributed by atoms with E-state index in [4.69, 9.17) is 46.9 Å². The number of nitrogens with zero attached hydrogens (tertiary/aromatic N) is 7. The summed E-state index contributed by atoms with van der Waals surface area (Å²) in [6, 6.07) is 15.9. The largest absolute Gasteiger partial charge is 0.493 e. The third-order valence-corrected chi connectivity index (χ3v) is 12.4. The first-order valence-corrected chi connectivity index (χ1v) is 22.5. The van der Waals surface area contributed by atoms with E-state index < -0.39 is 11.6 Å². The fourth-order valence-corrected chi connectivity index (χ4v) is 8.61. The van der Waals surface area contributed by atoms with Gasteiger partial charge >= 0.3 is 0 Å². The van der Waals surface area contributed by atoms with E-state index in [-0.39, 0.29) is 57.5 Å². The van der Waals surface area contributed by atoms with Gasteiger partial charge in [-0.1, -0.05) is 35.3 Å². The molecule has 4 aromatic carbocycles. The fraction of sp³-hybridized carbons (Fsp3) is 0.362. The zero-order valence-electron chi connectivity index (χ0n) is 37.9. The Morgan fingerprint density at radius 3 is 1.81 bits per heavy atom. The summed E-state index contributed by atoms with van der Waals surface area (Å²) < 4.78 is 57.9. The number of hydrogen-bond acceptors (Lipinski definition) is 15. The second-order valence-electron chi connectivity index (χ2n) is 16.5. The highest BCUT2D eigenvalue weighted by Crippen LogP contribution is 2.39. The van der Waals surface area contributed by atoms with Crippen LogP contribution in [-0.4, -0.2) is 145 Å². The van der Waals surface area contributed by atoms with Crippen LogP contribution in [0.1, 0.15) is 12.8 Å². The van der Waals surface area contributed by atoms with Gasteiger partial charge in [-0.3, -0.25) is 14.5 Å². The SMILES string of the molecule is COc1cc2ncnc(Nc3cccc(Cl)c3F)c2cc1O[C@@H]1CC(C(=O)N2CCOCC2)N(C)C1.COc1cc2ncnc(Nc3cccc(Cl)c3F)c2cc1O[C@@H]1CN[C@H](C(=O)N(C)C)C1. The molecule has 4 atom stereocenters. The molecule has 17 nitrogen and oxygen atoms in total. The lowest BCUT2D eigenvalue weighted by Crippen LogP contribution is -2.48. The van der Waals surface area contributed by atoms with Crippen molar-refractivity contribution in [3.8, 4) is 23.0 Å². The van der Waals surface area contributed by atoms with E-state index in [1.165, 1.54) is 24.8 Å². The van der Waals surface area contributed by atoms with Gasteiger partial charge in [-0.25, -0.2) is 28.7 Å². The van der Waals surface area contributed by atoms with Crippen molar-refractivity contribution >= 4 is 79.8 Å². The number of halogens is 4. The van der Waals surface area contributed by atoms with Gasteiger partial charge in [0, 0.05) is 76.0 Å². The lowest BCUT2D eigenvalue weighted by molar-refractivity contribution is -0.139. The molecule has 358 valence electrons. The molecule has 0 radical (unpaired) electrons. The van der Waals surface area contributed by atoms with Gasteiger partial charge in [-0.15, -0.1) is 0 Å². The van der Waals surface area contributed by atoms with Crippen LogP contribution in [0.25, 0.3) is 21.8 Å². The van der Waals surface area contributed by atoms with Gasteiger partial charge in [0.05, 0.1) is 72.0 Å². The van der Waals surface area contributed by atoms with Crippen molar-refractivity contribution in [1.82, 2.24) is 40.0 Å². The predicted molar refractivity (Wildman–Crippen MR) is 254 cm³/mol. The number of nitrogens with one attached hydrogen (secondary N) is 3. The summed E-state index contributed by atoms with van der Waals surface area (Å²) >= 11 is 11.8. The van der Waals surface area contributed by atoms with Crippen molar-refractivity contribution in [1.29, 1.82) is 0 Å². The van der Waals surface area contributed by atoms with Crippen molar-refractivity contribution in [2.45, 2.75) is 37.1 Å². The van der Waals surface area contributed by atoms with Gasteiger partial charge in [0.1, 0.15) is 36.5 Å². The molecular weight excluding hydrogens is 925 g/mol. The highest BCUT2D eigenvalue weighted by atomic mass is 35.5. The third-order valence-electron chi connectivity index (χ3n) is 11.8. The number of methoxy groups -OCH3 is 2. The zero-order chi connectivity index (χ0) is 48.1. The average Bonchev–Trinajstić information content (AvgIpc) is 3.97. The molecule has 0 bridgehead atoms. The molecule has 3 aliphatic heterocycles. The van der Waals surface area contributed by atoms with Crippen LogP contribution in [0, 0.1) is 11.6 Å². The molecule has 5 heterocycles. The normalized spacial score (nSPS) is 19.3. The number of amides is 2. The minimum Gasteiger partial charge on any atom is -0.493 e. The topological polar surface area (TPSA) is 178 Å². The number of carbonyl (C=O) groups excluding carboxylic acids is 2.